The topological polar surface area (TPSA) is 142 Å². The Morgan fingerprint density at radius 1 is 0.608 bits per heavy atom. The number of hydrogen-bond acceptors (Lipinski definition) is 6. The van der Waals surface area contributed by atoms with Gasteiger partial charge in [-0.2, -0.15) is 0 Å². The second-order valence-electron chi connectivity index (χ2n) is 13.0. The average molecular weight is 715 g/mol. The smallest absolute Gasteiger partial charge is 0.328 e. The van der Waals surface area contributed by atoms with Gasteiger partial charge in [0, 0.05) is 12.8 Å². The molecule has 2 unspecified atom stereocenters. The summed E-state index contributed by atoms with van der Waals surface area (Å²) in [6.07, 6.45) is 43.1. The van der Waals surface area contributed by atoms with Crippen LogP contribution in [0.5, 0.6) is 0 Å². The van der Waals surface area contributed by atoms with Crippen molar-refractivity contribution in [3.8, 4) is 0 Å². The fraction of sp³-hybridized carbons (Fsp3) is 0.667. The van der Waals surface area contributed by atoms with Crippen molar-refractivity contribution in [3.63, 3.8) is 0 Å². The molecule has 4 N–H and O–H groups in total. The molecular weight excluding hydrogens is 644 g/mol. The Hall–Kier alpha value is -3.46. The first-order valence-corrected chi connectivity index (χ1v) is 19.7. The van der Waals surface area contributed by atoms with Crippen molar-refractivity contribution < 1.29 is 34.1 Å². The Labute approximate surface area is 309 Å². The van der Waals surface area contributed by atoms with Gasteiger partial charge in [-0.1, -0.05) is 120 Å². The van der Waals surface area contributed by atoms with Gasteiger partial charge < -0.3 is 25.6 Å². The molecule has 51 heavy (non-hydrogen) atoms. The number of carbonyl (C=O) groups excluding carboxylic acids is 3. The molecule has 0 saturated carbocycles. The van der Waals surface area contributed by atoms with E-state index in [0.717, 1.165) is 64.2 Å². The van der Waals surface area contributed by atoms with E-state index in [-0.39, 0.29) is 24.8 Å². The molecule has 0 radical (unpaired) electrons. The molecule has 0 aliphatic carbocycles. The van der Waals surface area contributed by atoms with E-state index in [0.29, 0.717) is 12.8 Å². The maximum Gasteiger partial charge on any atom is 0.328 e. The Balaban J connectivity index is 4.18. The molecule has 0 rings (SSSR count). The van der Waals surface area contributed by atoms with E-state index >= 15 is 0 Å². The van der Waals surface area contributed by atoms with E-state index in [4.69, 9.17) is 14.9 Å². The highest BCUT2D eigenvalue weighted by atomic mass is 16.5. The zero-order valence-electron chi connectivity index (χ0n) is 31.8. The highest BCUT2D eigenvalue weighted by Crippen LogP contribution is 2.12. The van der Waals surface area contributed by atoms with Crippen molar-refractivity contribution in [2.45, 2.75) is 167 Å². The summed E-state index contributed by atoms with van der Waals surface area (Å²) in [6.45, 7) is 3.27. The number of ether oxygens (including phenoxy) is 1. The van der Waals surface area contributed by atoms with Crippen LogP contribution in [0.4, 0.5) is 0 Å². The highest BCUT2D eigenvalue weighted by molar-refractivity contribution is 5.87. The quantitative estimate of drug-likeness (QED) is 0.0296. The Morgan fingerprint density at radius 2 is 1.14 bits per heavy atom. The molecule has 9 heteroatoms. The third-order valence-corrected chi connectivity index (χ3v) is 8.21. The summed E-state index contributed by atoms with van der Waals surface area (Å²) < 4.78 is 5.76. The molecule has 2 atom stereocenters. The second-order valence-corrected chi connectivity index (χ2v) is 13.0. The summed E-state index contributed by atoms with van der Waals surface area (Å²) in [4.78, 5) is 47.2. The predicted molar refractivity (Wildman–Crippen MR) is 208 cm³/mol. The number of carbonyl (C=O) groups is 4. The zero-order valence-corrected chi connectivity index (χ0v) is 31.8. The van der Waals surface area contributed by atoms with Crippen LogP contribution in [0.15, 0.2) is 60.8 Å². The maximum atomic E-state index is 12.6. The summed E-state index contributed by atoms with van der Waals surface area (Å²) in [5, 5.41) is 22.4. The molecule has 0 saturated heterocycles. The monoisotopic (exact) mass is 715 g/mol. The van der Waals surface area contributed by atoms with Gasteiger partial charge in [-0.25, -0.2) is 4.79 Å². The van der Waals surface area contributed by atoms with Gasteiger partial charge in [-0.15, -0.1) is 0 Å². The summed E-state index contributed by atoms with van der Waals surface area (Å²) in [6, 6.07) is -1.39. The minimum Gasteiger partial charge on any atom is -0.480 e. The highest BCUT2D eigenvalue weighted by Gasteiger charge is 2.18. The molecule has 0 aromatic rings. The fourth-order valence-corrected chi connectivity index (χ4v) is 5.17. The van der Waals surface area contributed by atoms with Gasteiger partial charge in [-0.3, -0.25) is 14.4 Å². The third kappa shape index (κ3) is 33.4. The second kappa shape index (κ2) is 36.3. The number of amides is 2. The molecule has 0 heterocycles. The number of esters is 1. The average Bonchev–Trinajstić information content (AvgIpc) is 3.11. The number of hydrogen-bond donors (Lipinski definition) is 4. The molecule has 0 aliphatic rings. The lowest BCUT2D eigenvalue weighted by Gasteiger charge is -2.12. The largest absolute Gasteiger partial charge is 0.480 e. The number of aliphatic hydroxyl groups excluding tert-OH is 1. The summed E-state index contributed by atoms with van der Waals surface area (Å²) in [5.74, 6) is -2.49. The summed E-state index contributed by atoms with van der Waals surface area (Å²) in [5.41, 5.74) is 0. The van der Waals surface area contributed by atoms with Crippen molar-refractivity contribution in [2.75, 3.05) is 13.2 Å². The number of nitrogens with one attached hydrogen (secondary N) is 2. The van der Waals surface area contributed by atoms with Gasteiger partial charge in [-0.05, 0) is 82.8 Å². The van der Waals surface area contributed by atoms with E-state index in [1.165, 1.54) is 57.8 Å². The third-order valence-electron chi connectivity index (χ3n) is 8.21. The predicted octanol–water partition coefficient (Wildman–Crippen LogP) is 8.98. The number of carboxylic acid groups (broad SMARTS) is 1. The van der Waals surface area contributed by atoms with Gasteiger partial charge in [0.1, 0.15) is 12.1 Å². The van der Waals surface area contributed by atoms with Crippen LogP contribution in [0, 0.1) is 0 Å². The molecule has 0 fully saturated rings. The summed E-state index contributed by atoms with van der Waals surface area (Å²) in [7, 11) is 0. The van der Waals surface area contributed by atoms with E-state index < -0.39 is 30.6 Å². The van der Waals surface area contributed by atoms with Crippen molar-refractivity contribution >= 4 is 23.8 Å². The minimum absolute atomic E-state index is 0.175. The van der Waals surface area contributed by atoms with Crippen molar-refractivity contribution in [1.82, 2.24) is 10.6 Å². The lowest BCUT2D eigenvalue weighted by atomic mass is 10.1. The van der Waals surface area contributed by atoms with Gasteiger partial charge in [0.2, 0.25) is 11.8 Å². The molecule has 290 valence electrons. The van der Waals surface area contributed by atoms with Crippen LogP contribution >= 0.6 is 0 Å². The van der Waals surface area contributed by atoms with Gasteiger partial charge >= 0.3 is 11.9 Å². The van der Waals surface area contributed by atoms with Crippen LogP contribution in [-0.4, -0.2) is 59.3 Å². The Bertz CT molecular complexity index is 1050. The van der Waals surface area contributed by atoms with E-state index in [1.54, 1.807) is 0 Å². The van der Waals surface area contributed by atoms with E-state index in [2.05, 4.69) is 60.9 Å². The molecule has 2 amide bonds. The van der Waals surface area contributed by atoms with Crippen LogP contribution in [-0.2, 0) is 23.9 Å². The van der Waals surface area contributed by atoms with E-state index in [9.17, 15) is 19.2 Å². The number of aliphatic carboxylic acids is 1. The first kappa shape index (κ1) is 47.5. The number of unbranched alkanes of at least 4 members (excludes halogenated alkanes) is 14. The molecular formula is C42H70N2O7. The summed E-state index contributed by atoms with van der Waals surface area (Å²) >= 11 is 0. The molecule has 0 aromatic heterocycles. The lowest BCUT2D eigenvalue weighted by Crippen LogP contribution is -2.47. The Kier molecular flexibility index (Phi) is 33.9. The van der Waals surface area contributed by atoms with Crippen LogP contribution < -0.4 is 10.6 Å². The normalized spacial score (nSPS) is 13.2. The van der Waals surface area contributed by atoms with Crippen molar-refractivity contribution in [1.29, 1.82) is 0 Å². The number of allylic oxidation sites excluding steroid dienone is 8. The molecule has 0 bridgehead atoms. The van der Waals surface area contributed by atoms with Gasteiger partial charge in [0.15, 0.2) is 0 Å². The Morgan fingerprint density at radius 3 is 1.76 bits per heavy atom. The van der Waals surface area contributed by atoms with Crippen molar-refractivity contribution in [2.24, 2.45) is 0 Å². The minimum atomic E-state index is -1.39. The SMILES string of the molecule is CC/C=C\C/C=C\C(/C=C\CCCCCC(=O)NCC(=O)NC(CO)C(=O)O)OC(=O)CCCCCCCCC/C=C\C/C=C\CCCCCC. The van der Waals surface area contributed by atoms with Crippen molar-refractivity contribution in [3.05, 3.63) is 60.8 Å². The first-order chi connectivity index (χ1) is 24.8. The first-order valence-electron chi connectivity index (χ1n) is 19.7. The fourth-order valence-electron chi connectivity index (χ4n) is 5.17. The molecule has 0 aliphatic heterocycles. The molecule has 9 nitrogen and oxygen atoms in total. The van der Waals surface area contributed by atoms with Crippen LogP contribution in [0.2, 0.25) is 0 Å². The molecule has 0 spiro atoms. The molecule has 0 aromatic carbocycles. The number of rotatable bonds is 34. The van der Waals surface area contributed by atoms with Crippen LogP contribution in [0.3, 0.4) is 0 Å². The lowest BCUT2D eigenvalue weighted by molar-refractivity contribution is -0.145. The van der Waals surface area contributed by atoms with Gasteiger partial charge in [0.05, 0.1) is 13.2 Å². The number of carboxylic acids is 1. The van der Waals surface area contributed by atoms with Crippen LogP contribution in [0.1, 0.15) is 155 Å². The maximum absolute atomic E-state index is 12.6. The van der Waals surface area contributed by atoms with Gasteiger partial charge in [0.25, 0.3) is 0 Å². The van der Waals surface area contributed by atoms with Crippen LogP contribution in [0.25, 0.3) is 0 Å². The number of aliphatic hydroxyl groups is 1. The standard InChI is InChI=1S/C42H70N2O7/c1-3-5-7-9-10-11-12-13-14-15-16-17-18-19-20-21-26-30-34-41(48)51-37(31-27-23-8-6-4-2)32-28-24-22-25-29-33-39(46)43-35-40(47)44-38(36-45)42(49)50/h6,8,11-12,14-15,27-28,31-32,37-38,45H,3-5,7,9-10,13,16-26,29-30,33-36H2,1-2H3,(H,43,46)(H,44,47)(H,49,50)/b8-6-,12-11-,15-14-,31-27-,32-28-. The van der Waals surface area contributed by atoms with E-state index in [1.807, 2.05) is 24.3 Å². The zero-order chi connectivity index (χ0) is 37.6.